The Hall–Kier alpha value is -2.74. The summed E-state index contributed by atoms with van der Waals surface area (Å²) in [6.07, 6.45) is 9.07. The number of carbonyl (C=O) groups is 1. The number of hydrogen-bond acceptors (Lipinski definition) is 7. The van der Waals surface area contributed by atoms with E-state index in [1.165, 1.54) is 23.5 Å². The van der Waals surface area contributed by atoms with Crippen molar-refractivity contribution in [3.05, 3.63) is 39.8 Å². The molecule has 0 saturated heterocycles. The Balaban J connectivity index is 1.57. The lowest BCUT2D eigenvalue weighted by Crippen LogP contribution is -2.52. The van der Waals surface area contributed by atoms with Crippen LogP contribution in [0, 0.1) is 19.3 Å². The Kier molecular flexibility index (Phi) is 4.48. The molecule has 1 aromatic heterocycles. The lowest BCUT2D eigenvalue weighted by atomic mass is 10.1. The molecule has 1 aliphatic carbocycles. The van der Waals surface area contributed by atoms with E-state index in [1.807, 2.05) is 18.7 Å². The Bertz CT molecular complexity index is 1270. The normalized spacial score (nSPS) is 21.4. The van der Waals surface area contributed by atoms with Gasteiger partial charge in [0.15, 0.2) is 0 Å². The van der Waals surface area contributed by atoms with E-state index < -0.39 is 15.6 Å². The molecule has 0 radical (unpaired) electrons. The number of carbonyl (C=O) groups excluding carboxylic acids is 1. The molecule has 2 aliphatic heterocycles. The molecule has 1 aromatic carbocycles. The van der Waals surface area contributed by atoms with E-state index in [-0.39, 0.29) is 16.8 Å². The molecule has 31 heavy (non-hydrogen) atoms. The Morgan fingerprint density at radius 3 is 2.81 bits per heavy atom. The van der Waals surface area contributed by atoms with Crippen LogP contribution in [0.15, 0.2) is 34.3 Å². The minimum absolute atomic E-state index is 0.0677. The van der Waals surface area contributed by atoms with Crippen molar-refractivity contribution in [2.24, 2.45) is 4.99 Å². The van der Waals surface area contributed by atoms with Crippen LogP contribution in [0.25, 0.3) is 0 Å². The zero-order valence-corrected chi connectivity index (χ0v) is 18.8. The van der Waals surface area contributed by atoms with Gasteiger partial charge in [0, 0.05) is 16.6 Å². The zero-order chi connectivity index (χ0) is 22.0. The monoisotopic (exact) mass is 455 g/mol. The molecule has 5 rings (SSSR count). The smallest absolute Gasteiger partial charge is 0.263 e. The number of nitrogens with zero attached hydrogens (tertiary/aromatic N) is 4. The summed E-state index contributed by atoms with van der Waals surface area (Å²) in [5, 5.41) is 0.902. The topological polar surface area (TPSA) is 95.0 Å². The number of hydrogen-bond donors (Lipinski definition) is 1. The predicted octanol–water partition coefficient (Wildman–Crippen LogP) is 2.12. The lowest BCUT2D eigenvalue weighted by Gasteiger charge is -2.37. The van der Waals surface area contributed by atoms with Crippen LogP contribution in [-0.4, -0.2) is 48.3 Å². The Labute approximate surface area is 185 Å². The van der Waals surface area contributed by atoms with Crippen LogP contribution >= 0.6 is 11.3 Å². The molecule has 1 fully saturated rings. The average molecular weight is 456 g/mol. The molecule has 2 aromatic rings. The number of sulfonamides is 1. The quantitative estimate of drug-likeness (QED) is 0.697. The molecule has 10 heteroatoms. The predicted molar refractivity (Wildman–Crippen MR) is 119 cm³/mol. The van der Waals surface area contributed by atoms with E-state index in [0.717, 1.165) is 22.7 Å². The number of rotatable bonds is 5. The van der Waals surface area contributed by atoms with Gasteiger partial charge in [0.25, 0.3) is 5.91 Å². The SMILES string of the molecule is C#C[C@@H]1CN=C2N(Cc3cnc(C)s3)C(=O)c3cc(S(=O)(=O)NC4(C)CC4)ccc3N21. The maximum absolute atomic E-state index is 13.5. The number of terminal acetylenes is 1. The summed E-state index contributed by atoms with van der Waals surface area (Å²) in [5.41, 5.74) is 0.474. The van der Waals surface area contributed by atoms with Crippen LogP contribution in [0.4, 0.5) is 5.69 Å². The number of nitrogens with one attached hydrogen (secondary N) is 1. The first-order chi connectivity index (χ1) is 14.7. The summed E-state index contributed by atoms with van der Waals surface area (Å²) >= 11 is 1.50. The van der Waals surface area contributed by atoms with E-state index in [4.69, 9.17) is 6.42 Å². The van der Waals surface area contributed by atoms with E-state index in [2.05, 4.69) is 20.6 Å². The highest BCUT2D eigenvalue weighted by atomic mass is 32.2. The van der Waals surface area contributed by atoms with Gasteiger partial charge in [-0.05, 0) is 44.9 Å². The Morgan fingerprint density at radius 1 is 1.39 bits per heavy atom. The standard InChI is InChI=1S/C21H21N5O3S2/c1-4-14-10-23-20-25(12-15-11-22-13(2)30-15)19(27)17-9-16(5-6-18(17)26(14)20)31(28,29)24-21(3)7-8-21/h1,5-6,9,11,14,24H,7-8,10,12H2,2-3H3/t14-/m1/s1. The third-order valence-electron chi connectivity index (χ3n) is 5.74. The molecule has 1 saturated carbocycles. The molecule has 3 heterocycles. The van der Waals surface area contributed by atoms with Crippen molar-refractivity contribution < 1.29 is 13.2 Å². The highest BCUT2D eigenvalue weighted by molar-refractivity contribution is 7.89. The molecular formula is C21H21N5O3S2. The molecule has 8 nitrogen and oxygen atoms in total. The number of aromatic nitrogens is 1. The fourth-order valence-corrected chi connectivity index (χ4v) is 6.11. The highest BCUT2D eigenvalue weighted by Gasteiger charge is 2.44. The van der Waals surface area contributed by atoms with Crippen LogP contribution in [-0.2, 0) is 16.6 Å². The third-order valence-corrected chi connectivity index (χ3v) is 8.28. The number of thiazole rings is 1. The first kappa shape index (κ1) is 20.2. The largest absolute Gasteiger partial charge is 0.295 e. The van der Waals surface area contributed by atoms with Crippen molar-refractivity contribution in [3.8, 4) is 12.3 Å². The maximum atomic E-state index is 13.5. The van der Waals surface area contributed by atoms with Gasteiger partial charge in [-0.15, -0.1) is 17.8 Å². The molecule has 160 valence electrons. The molecule has 3 aliphatic rings. The van der Waals surface area contributed by atoms with Crippen molar-refractivity contribution in [3.63, 3.8) is 0 Å². The van der Waals surface area contributed by atoms with Crippen molar-refractivity contribution in [1.29, 1.82) is 0 Å². The van der Waals surface area contributed by atoms with Gasteiger partial charge in [0.05, 0.1) is 34.2 Å². The number of fused-ring (bicyclic) bond motifs is 3. The van der Waals surface area contributed by atoms with E-state index in [9.17, 15) is 13.2 Å². The number of amides is 1. The van der Waals surface area contributed by atoms with Crippen LogP contribution in [0.5, 0.6) is 0 Å². The second-order valence-corrected chi connectivity index (χ2v) is 11.3. The molecule has 0 bridgehead atoms. The third kappa shape index (κ3) is 3.43. The summed E-state index contributed by atoms with van der Waals surface area (Å²) in [7, 11) is -3.74. The summed E-state index contributed by atoms with van der Waals surface area (Å²) in [4.78, 5) is 26.6. The number of benzene rings is 1. The number of anilines is 1. The highest BCUT2D eigenvalue weighted by Crippen LogP contribution is 2.38. The fraction of sp³-hybridized carbons (Fsp3) is 0.381. The molecule has 1 amide bonds. The fourth-order valence-electron chi connectivity index (χ4n) is 3.83. The van der Waals surface area contributed by atoms with E-state index in [0.29, 0.717) is 30.3 Å². The van der Waals surface area contributed by atoms with E-state index >= 15 is 0 Å². The first-order valence-electron chi connectivity index (χ1n) is 9.92. The second-order valence-electron chi connectivity index (χ2n) is 8.28. The number of guanidine groups is 1. The van der Waals surface area contributed by atoms with Gasteiger partial charge in [-0.3, -0.25) is 14.6 Å². The van der Waals surface area contributed by atoms with Crippen LogP contribution < -0.4 is 9.62 Å². The molecule has 1 N–H and O–H groups in total. The maximum Gasteiger partial charge on any atom is 0.263 e. The number of aliphatic imine (C=N–C) groups is 1. The van der Waals surface area contributed by atoms with Crippen molar-refractivity contribution in [1.82, 2.24) is 14.6 Å². The molecule has 0 unspecified atom stereocenters. The van der Waals surface area contributed by atoms with Gasteiger partial charge >= 0.3 is 0 Å². The minimum Gasteiger partial charge on any atom is -0.295 e. The van der Waals surface area contributed by atoms with Crippen molar-refractivity contribution in [2.45, 2.75) is 49.7 Å². The summed E-state index contributed by atoms with van der Waals surface area (Å²) in [6.45, 7) is 4.44. The zero-order valence-electron chi connectivity index (χ0n) is 17.1. The molecular weight excluding hydrogens is 434 g/mol. The molecule has 0 spiro atoms. The van der Waals surface area contributed by atoms with Crippen LogP contribution in [0.1, 0.15) is 40.0 Å². The number of aryl methyl sites for hydroxylation is 1. The van der Waals surface area contributed by atoms with Crippen LogP contribution in [0.2, 0.25) is 0 Å². The minimum atomic E-state index is -3.74. The first-order valence-corrected chi connectivity index (χ1v) is 12.2. The summed E-state index contributed by atoms with van der Waals surface area (Å²) < 4.78 is 28.5. The van der Waals surface area contributed by atoms with Gasteiger partial charge in [0.2, 0.25) is 16.0 Å². The van der Waals surface area contributed by atoms with Crippen molar-refractivity contribution >= 4 is 38.9 Å². The summed E-state index contributed by atoms with van der Waals surface area (Å²) in [6, 6.07) is 4.28. The lowest BCUT2D eigenvalue weighted by molar-refractivity contribution is 0.0834. The second kappa shape index (κ2) is 6.88. The van der Waals surface area contributed by atoms with E-state index in [1.54, 1.807) is 17.2 Å². The van der Waals surface area contributed by atoms with Crippen LogP contribution in [0.3, 0.4) is 0 Å². The Morgan fingerprint density at radius 2 is 2.16 bits per heavy atom. The summed E-state index contributed by atoms with van der Waals surface area (Å²) in [5.74, 6) is 2.91. The van der Waals surface area contributed by atoms with Crippen molar-refractivity contribution in [2.75, 3.05) is 11.4 Å². The average Bonchev–Trinajstić information content (AvgIpc) is 3.12. The van der Waals surface area contributed by atoms with Gasteiger partial charge < -0.3 is 0 Å². The van der Waals surface area contributed by atoms with Gasteiger partial charge in [-0.25, -0.2) is 23.1 Å². The van der Waals surface area contributed by atoms with Gasteiger partial charge in [-0.2, -0.15) is 0 Å². The molecule has 1 atom stereocenters. The van der Waals surface area contributed by atoms with Gasteiger partial charge in [0.1, 0.15) is 6.04 Å². The van der Waals surface area contributed by atoms with Gasteiger partial charge in [-0.1, -0.05) is 5.92 Å².